The lowest BCUT2D eigenvalue weighted by molar-refractivity contribution is -0.137. The number of likely N-dealkylation sites (N-methyl/N-ethyl adjacent to an activating group) is 1. The van der Waals surface area contributed by atoms with Gasteiger partial charge in [0.05, 0.1) is 23.9 Å². The maximum atomic E-state index is 13.0. The highest BCUT2D eigenvalue weighted by Gasteiger charge is 2.30. The fraction of sp³-hybridized carbons (Fsp3) is 0.333. The van der Waals surface area contributed by atoms with E-state index in [1.54, 1.807) is 34.7 Å². The van der Waals surface area contributed by atoms with Crippen LogP contribution in [0.4, 0.5) is 13.2 Å². The van der Waals surface area contributed by atoms with Crippen molar-refractivity contribution in [2.45, 2.75) is 19.1 Å². The van der Waals surface area contributed by atoms with Gasteiger partial charge in [0.1, 0.15) is 0 Å². The molecule has 0 unspecified atom stereocenters. The summed E-state index contributed by atoms with van der Waals surface area (Å²) >= 11 is 1.38. The lowest BCUT2D eigenvalue weighted by Gasteiger charge is -2.25. The third-order valence-electron chi connectivity index (χ3n) is 4.41. The predicted octanol–water partition coefficient (Wildman–Crippen LogP) is 4.55. The van der Waals surface area contributed by atoms with E-state index in [-0.39, 0.29) is 18.9 Å². The van der Waals surface area contributed by atoms with Gasteiger partial charge in [-0.1, -0.05) is 12.1 Å². The van der Waals surface area contributed by atoms with Crippen molar-refractivity contribution in [3.63, 3.8) is 0 Å². The zero-order valence-corrected chi connectivity index (χ0v) is 17.5. The number of nitrogens with zero attached hydrogens (tertiary/aromatic N) is 3. The van der Waals surface area contributed by atoms with Crippen LogP contribution in [0.25, 0.3) is 10.8 Å². The first-order chi connectivity index (χ1) is 14.2. The Bertz CT molecular complexity index is 968. The number of benzene rings is 1. The van der Waals surface area contributed by atoms with Gasteiger partial charge >= 0.3 is 6.18 Å². The van der Waals surface area contributed by atoms with Crippen LogP contribution in [0.5, 0.6) is 0 Å². The first kappa shape index (κ1) is 22.0. The molecule has 2 heterocycles. The van der Waals surface area contributed by atoms with Crippen LogP contribution >= 0.6 is 11.3 Å². The number of carbonyl (C=O) groups excluding carboxylic acids is 1. The van der Waals surface area contributed by atoms with E-state index in [1.807, 2.05) is 19.0 Å². The van der Waals surface area contributed by atoms with E-state index < -0.39 is 11.7 Å². The Morgan fingerprint density at radius 3 is 2.63 bits per heavy atom. The first-order valence-electron chi connectivity index (χ1n) is 9.29. The minimum atomic E-state index is -4.42. The van der Waals surface area contributed by atoms with Gasteiger partial charge in [0, 0.05) is 25.0 Å². The average molecular weight is 437 g/mol. The molecular formula is C21H22F3N3O2S. The molecule has 160 valence electrons. The van der Waals surface area contributed by atoms with Crippen LogP contribution in [0.2, 0.25) is 0 Å². The van der Waals surface area contributed by atoms with Gasteiger partial charge in [-0.25, -0.2) is 4.98 Å². The zero-order valence-electron chi connectivity index (χ0n) is 16.6. The second kappa shape index (κ2) is 9.44. The molecule has 30 heavy (non-hydrogen) atoms. The van der Waals surface area contributed by atoms with Gasteiger partial charge in [-0.3, -0.25) is 4.79 Å². The summed E-state index contributed by atoms with van der Waals surface area (Å²) in [6.45, 7) is 1.10. The van der Waals surface area contributed by atoms with Crippen molar-refractivity contribution in [1.82, 2.24) is 14.8 Å². The van der Waals surface area contributed by atoms with Gasteiger partial charge < -0.3 is 14.2 Å². The first-order valence-corrected chi connectivity index (χ1v) is 10.2. The molecule has 0 aliphatic heterocycles. The molecule has 0 aliphatic rings. The maximum Gasteiger partial charge on any atom is 0.416 e. The molecule has 0 saturated heterocycles. The SMILES string of the molecule is CN(C)CCN(Cc1cccc(C(F)(F)F)c1)C(=O)Cc1csc(-c2ccco2)n1. The van der Waals surface area contributed by atoms with Crippen molar-refractivity contribution in [1.29, 1.82) is 0 Å². The summed E-state index contributed by atoms with van der Waals surface area (Å²) in [5, 5.41) is 2.48. The summed E-state index contributed by atoms with van der Waals surface area (Å²) in [5.74, 6) is 0.442. The maximum absolute atomic E-state index is 13.0. The van der Waals surface area contributed by atoms with E-state index in [0.29, 0.717) is 35.1 Å². The zero-order chi connectivity index (χ0) is 21.7. The van der Waals surface area contributed by atoms with Crippen molar-refractivity contribution in [2.75, 3.05) is 27.2 Å². The molecule has 0 fully saturated rings. The Kier molecular flexibility index (Phi) is 6.94. The fourth-order valence-electron chi connectivity index (χ4n) is 2.85. The molecule has 1 aromatic carbocycles. The number of halogens is 3. The number of thiazole rings is 1. The van der Waals surface area contributed by atoms with E-state index in [9.17, 15) is 18.0 Å². The summed E-state index contributed by atoms with van der Waals surface area (Å²) in [6.07, 6.45) is -2.79. The number of carbonyl (C=O) groups is 1. The van der Waals surface area contributed by atoms with Crippen LogP contribution in [0.1, 0.15) is 16.8 Å². The van der Waals surface area contributed by atoms with Crippen LogP contribution in [0.15, 0.2) is 52.5 Å². The minimum absolute atomic E-state index is 0.0730. The normalized spacial score (nSPS) is 11.8. The van der Waals surface area contributed by atoms with Crippen molar-refractivity contribution >= 4 is 17.2 Å². The molecule has 5 nitrogen and oxygen atoms in total. The van der Waals surface area contributed by atoms with Gasteiger partial charge in [-0.2, -0.15) is 13.2 Å². The lowest BCUT2D eigenvalue weighted by atomic mass is 10.1. The van der Waals surface area contributed by atoms with Gasteiger partial charge in [0.2, 0.25) is 5.91 Å². The van der Waals surface area contributed by atoms with Crippen molar-refractivity contribution < 1.29 is 22.4 Å². The molecule has 3 rings (SSSR count). The van der Waals surface area contributed by atoms with E-state index in [2.05, 4.69) is 4.98 Å². The number of alkyl halides is 3. The average Bonchev–Trinajstić information content (AvgIpc) is 3.36. The van der Waals surface area contributed by atoms with E-state index in [4.69, 9.17) is 4.42 Å². The summed E-state index contributed by atoms with van der Waals surface area (Å²) in [4.78, 5) is 20.9. The highest BCUT2D eigenvalue weighted by molar-refractivity contribution is 7.13. The number of furan rings is 1. The number of amides is 1. The van der Waals surface area contributed by atoms with E-state index in [0.717, 1.165) is 12.1 Å². The topological polar surface area (TPSA) is 49.6 Å². The molecule has 2 aromatic heterocycles. The Morgan fingerprint density at radius 1 is 1.17 bits per heavy atom. The monoisotopic (exact) mass is 437 g/mol. The summed E-state index contributed by atoms with van der Waals surface area (Å²) in [6, 6.07) is 8.64. The smallest absolute Gasteiger partial charge is 0.416 e. The Hall–Kier alpha value is -2.65. The van der Waals surface area contributed by atoms with Gasteiger partial charge in [0.25, 0.3) is 0 Å². The number of rotatable bonds is 8. The van der Waals surface area contributed by atoms with Crippen LogP contribution in [-0.2, 0) is 23.9 Å². The van der Waals surface area contributed by atoms with Crippen LogP contribution in [-0.4, -0.2) is 47.9 Å². The summed E-state index contributed by atoms with van der Waals surface area (Å²) in [5.41, 5.74) is 0.323. The Morgan fingerprint density at radius 2 is 1.97 bits per heavy atom. The van der Waals surface area contributed by atoms with E-state index >= 15 is 0 Å². The van der Waals surface area contributed by atoms with Gasteiger partial charge in [-0.15, -0.1) is 11.3 Å². The van der Waals surface area contributed by atoms with Crippen LogP contribution < -0.4 is 0 Å². The third kappa shape index (κ3) is 5.93. The molecule has 1 amide bonds. The highest BCUT2D eigenvalue weighted by atomic mass is 32.1. The predicted molar refractivity (Wildman–Crippen MR) is 109 cm³/mol. The Balaban J connectivity index is 1.73. The molecule has 0 bridgehead atoms. The quantitative estimate of drug-likeness (QED) is 0.519. The molecule has 0 saturated carbocycles. The minimum Gasteiger partial charge on any atom is -0.462 e. The third-order valence-corrected chi connectivity index (χ3v) is 5.32. The highest BCUT2D eigenvalue weighted by Crippen LogP contribution is 2.30. The van der Waals surface area contributed by atoms with Crippen LogP contribution in [0, 0.1) is 0 Å². The molecule has 0 spiro atoms. The second-order valence-electron chi connectivity index (χ2n) is 7.11. The second-order valence-corrected chi connectivity index (χ2v) is 7.97. The number of aromatic nitrogens is 1. The summed E-state index contributed by atoms with van der Waals surface area (Å²) in [7, 11) is 3.76. The molecule has 0 radical (unpaired) electrons. The largest absolute Gasteiger partial charge is 0.462 e. The molecule has 9 heteroatoms. The van der Waals surface area contributed by atoms with Crippen LogP contribution in [0.3, 0.4) is 0 Å². The van der Waals surface area contributed by atoms with Gasteiger partial charge in [-0.05, 0) is 43.9 Å². The molecule has 0 N–H and O–H groups in total. The molecule has 3 aromatic rings. The molecule has 0 aliphatic carbocycles. The van der Waals surface area contributed by atoms with Gasteiger partial charge in [0.15, 0.2) is 10.8 Å². The molecule has 0 atom stereocenters. The number of hydrogen-bond donors (Lipinski definition) is 0. The van der Waals surface area contributed by atoms with Crippen molar-refractivity contribution in [3.8, 4) is 10.8 Å². The Labute approximate surface area is 176 Å². The van der Waals surface area contributed by atoms with E-state index in [1.165, 1.54) is 17.4 Å². The van der Waals surface area contributed by atoms with Crippen molar-refractivity contribution in [2.24, 2.45) is 0 Å². The summed E-state index contributed by atoms with van der Waals surface area (Å²) < 4.78 is 44.4. The standard InChI is InChI=1S/C21H22F3N3O2S/c1-26(2)8-9-27(13-15-5-3-6-16(11-15)21(22,23)24)19(28)12-17-14-30-20(25-17)18-7-4-10-29-18/h3-7,10-11,14H,8-9,12-13H2,1-2H3. The van der Waals surface area contributed by atoms with Crippen molar-refractivity contribution in [3.05, 3.63) is 64.9 Å². The number of hydrogen-bond acceptors (Lipinski definition) is 5. The lowest BCUT2D eigenvalue weighted by Crippen LogP contribution is -2.37. The fourth-order valence-corrected chi connectivity index (χ4v) is 3.63. The molecular weight excluding hydrogens is 415 g/mol.